The minimum absolute atomic E-state index is 0.00270. The van der Waals surface area contributed by atoms with Gasteiger partial charge in [-0.15, -0.1) is 11.3 Å². The van der Waals surface area contributed by atoms with Crippen LogP contribution in [0.25, 0.3) is 10.2 Å². The number of aliphatic imine (C=N–C) groups is 1. The largest absolute Gasteiger partial charge is 0.495 e. The number of aryl methyl sites for hydroxylation is 1. The number of benzene rings is 1. The Morgan fingerprint density at radius 3 is 2.91 bits per heavy atom. The van der Waals surface area contributed by atoms with Crippen molar-refractivity contribution in [2.75, 3.05) is 26.6 Å². The van der Waals surface area contributed by atoms with Gasteiger partial charge in [-0.25, -0.2) is 15.0 Å². The molecule has 0 radical (unpaired) electrons. The Morgan fingerprint density at radius 1 is 1.28 bits per heavy atom. The van der Waals surface area contributed by atoms with E-state index >= 15 is 0 Å². The topological polar surface area (TPSA) is 88.9 Å². The number of ether oxygens (including phenoxy) is 1. The third-order valence-electron chi connectivity index (χ3n) is 6.43. The van der Waals surface area contributed by atoms with Crippen molar-refractivity contribution >= 4 is 45.2 Å². The Labute approximate surface area is 190 Å². The number of anilines is 2. The summed E-state index contributed by atoms with van der Waals surface area (Å²) in [6.45, 7) is 2.69. The highest BCUT2D eigenvalue weighted by Crippen LogP contribution is 2.45. The van der Waals surface area contributed by atoms with Crippen molar-refractivity contribution in [2.45, 2.75) is 32.7 Å². The lowest BCUT2D eigenvalue weighted by molar-refractivity contribution is -0.180. The Bertz CT molecular complexity index is 1250. The minimum atomic E-state index is -0.498. The number of nitrogens with one attached hydrogen (secondary N) is 1. The number of hydroxylamine groups is 2. The monoisotopic (exact) mass is 451 g/mol. The molecular weight excluding hydrogens is 426 g/mol. The van der Waals surface area contributed by atoms with E-state index in [4.69, 9.17) is 9.57 Å². The van der Waals surface area contributed by atoms with E-state index in [0.717, 1.165) is 51.4 Å². The standard InChI is InChI=1S/C23H25N5O3S/c1-23(22(29)28(2)31-4)6-5-15-18(9-23)32-21-19(15)20(25-12-26-21)27-16-7-13-10-24-11-14(13)8-17(16)30-3/h7-8,10,12H,5-6,9,11H2,1-4H3,(H,25,26,27)/t23-/m1/s1. The second kappa shape index (κ2) is 7.83. The van der Waals surface area contributed by atoms with Gasteiger partial charge >= 0.3 is 0 Å². The predicted octanol–water partition coefficient (Wildman–Crippen LogP) is 3.89. The number of hydrogen-bond acceptors (Lipinski definition) is 8. The molecule has 0 unspecified atom stereocenters. The van der Waals surface area contributed by atoms with E-state index in [1.54, 1.807) is 31.8 Å². The highest BCUT2D eigenvalue weighted by atomic mass is 32.1. The quantitative estimate of drug-likeness (QED) is 0.592. The third-order valence-corrected chi connectivity index (χ3v) is 7.57. The van der Waals surface area contributed by atoms with Crippen LogP contribution < -0.4 is 10.1 Å². The number of aromatic nitrogens is 2. The molecule has 1 N–H and O–H groups in total. The van der Waals surface area contributed by atoms with Crippen molar-refractivity contribution < 1.29 is 14.4 Å². The zero-order valence-electron chi connectivity index (χ0n) is 18.6. The minimum Gasteiger partial charge on any atom is -0.495 e. The highest BCUT2D eigenvalue weighted by molar-refractivity contribution is 7.19. The second-order valence-electron chi connectivity index (χ2n) is 8.47. The molecule has 1 aliphatic heterocycles. The fourth-order valence-electron chi connectivity index (χ4n) is 4.56. The summed E-state index contributed by atoms with van der Waals surface area (Å²) in [5.74, 6) is 1.51. The maximum Gasteiger partial charge on any atom is 0.252 e. The Kier molecular flexibility index (Phi) is 5.10. The zero-order valence-corrected chi connectivity index (χ0v) is 19.4. The van der Waals surface area contributed by atoms with Gasteiger partial charge in [-0.2, -0.15) is 0 Å². The Hall–Kier alpha value is -3.04. The molecule has 3 heterocycles. The lowest BCUT2D eigenvalue weighted by Gasteiger charge is -2.34. The van der Waals surface area contributed by atoms with Crippen molar-refractivity contribution in [2.24, 2.45) is 10.4 Å². The normalized spacial score (nSPS) is 19.0. The average molecular weight is 452 g/mol. The number of methoxy groups -OCH3 is 1. The van der Waals surface area contributed by atoms with Crippen LogP contribution in [0.15, 0.2) is 23.5 Å². The van der Waals surface area contributed by atoms with Gasteiger partial charge in [0, 0.05) is 18.1 Å². The molecule has 5 rings (SSSR count). The molecule has 8 nitrogen and oxygen atoms in total. The smallest absolute Gasteiger partial charge is 0.252 e. The first-order valence-electron chi connectivity index (χ1n) is 10.5. The van der Waals surface area contributed by atoms with Gasteiger partial charge in [-0.3, -0.25) is 14.6 Å². The van der Waals surface area contributed by atoms with Gasteiger partial charge in [0.2, 0.25) is 0 Å². The third kappa shape index (κ3) is 3.32. The highest BCUT2D eigenvalue weighted by Gasteiger charge is 2.41. The molecular formula is C23H25N5O3S. The van der Waals surface area contributed by atoms with E-state index < -0.39 is 5.41 Å². The molecule has 1 aromatic carbocycles. The van der Waals surface area contributed by atoms with Crippen molar-refractivity contribution in [3.05, 3.63) is 40.0 Å². The van der Waals surface area contributed by atoms with Crippen molar-refractivity contribution in [1.82, 2.24) is 15.0 Å². The molecule has 0 saturated heterocycles. The van der Waals surface area contributed by atoms with Gasteiger partial charge in [0.1, 0.15) is 22.7 Å². The molecule has 166 valence electrons. The number of carbonyl (C=O) groups excluding carboxylic acids is 1. The first-order valence-corrected chi connectivity index (χ1v) is 11.3. The van der Waals surface area contributed by atoms with Crippen molar-refractivity contribution in [3.63, 3.8) is 0 Å². The van der Waals surface area contributed by atoms with Crippen LogP contribution >= 0.6 is 11.3 Å². The fourth-order valence-corrected chi connectivity index (χ4v) is 5.93. The van der Waals surface area contributed by atoms with Crippen LogP contribution in [0, 0.1) is 5.41 Å². The van der Waals surface area contributed by atoms with Gasteiger partial charge in [0.25, 0.3) is 5.91 Å². The van der Waals surface area contributed by atoms with Crippen LogP contribution in [0.2, 0.25) is 0 Å². The van der Waals surface area contributed by atoms with E-state index in [1.807, 2.05) is 25.3 Å². The first-order chi connectivity index (χ1) is 15.4. The van der Waals surface area contributed by atoms with Crippen LogP contribution in [0.1, 0.15) is 34.9 Å². The molecule has 0 spiro atoms. The number of carbonyl (C=O) groups is 1. The lowest BCUT2D eigenvalue weighted by Crippen LogP contribution is -2.42. The van der Waals surface area contributed by atoms with Gasteiger partial charge in [-0.05, 0) is 48.1 Å². The number of nitrogens with zero attached hydrogens (tertiary/aromatic N) is 4. The summed E-state index contributed by atoms with van der Waals surface area (Å²) < 4.78 is 5.62. The SMILES string of the molecule is COc1cc2c(cc1Nc1ncnc3sc4c(c13)CC[C@@](C)(C(=O)N(C)OC)C4)C=NC2. The van der Waals surface area contributed by atoms with Crippen LogP contribution in [0.5, 0.6) is 5.75 Å². The summed E-state index contributed by atoms with van der Waals surface area (Å²) in [6, 6.07) is 4.07. The number of rotatable bonds is 5. The van der Waals surface area contributed by atoms with Gasteiger partial charge in [0.15, 0.2) is 0 Å². The fraction of sp³-hybridized carbons (Fsp3) is 0.391. The summed E-state index contributed by atoms with van der Waals surface area (Å²) in [6.07, 6.45) is 5.65. The predicted molar refractivity (Wildman–Crippen MR) is 125 cm³/mol. The van der Waals surface area contributed by atoms with E-state index in [2.05, 4.69) is 20.3 Å². The number of amides is 1. The van der Waals surface area contributed by atoms with E-state index in [1.165, 1.54) is 22.6 Å². The average Bonchev–Trinajstić information content (AvgIpc) is 3.40. The molecule has 1 amide bonds. The van der Waals surface area contributed by atoms with E-state index in [9.17, 15) is 4.79 Å². The molecule has 1 aliphatic carbocycles. The van der Waals surface area contributed by atoms with Crippen LogP contribution in [-0.2, 0) is 29.0 Å². The zero-order chi connectivity index (χ0) is 22.5. The maximum atomic E-state index is 12.9. The van der Waals surface area contributed by atoms with E-state index in [0.29, 0.717) is 13.0 Å². The number of thiophene rings is 1. The van der Waals surface area contributed by atoms with Crippen LogP contribution in [0.3, 0.4) is 0 Å². The molecule has 0 saturated carbocycles. The van der Waals surface area contributed by atoms with Crippen molar-refractivity contribution in [1.29, 1.82) is 0 Å². The van der Waals surface area contributed by atoms with E-state index in [-0.39, 0.29) is 5.91 Å². The molecule has 2 aromatic heterocycles. The summed E-state index contributed by atoms with van der Waals surface area (Å²) in [5.41, 5.74) is 3.81. The molecule has 0 bridgehead atoms. The lowest BCUT2D eigenvalue weighted by atomic mass is 9.74. The number of fused-ring (bicyclic) bond motifs is 4. The summed E-state index contributed by atoms with van der Waals surface area (Å²) in [4.78, 5) is 33.6. The molecule has 3 aromatic rings. The second-order valence-corrected chi connectivity index (χ2v) is 9.56. The summed E-state index contributed by atoms with van der Waals surface area (Å²) >= 11 is 1.64. The molecule has 1 atom stereocenters. The molecule has 9 heteroatoms. The van der Waals surface area contributed by atoms with Crippen molar-refractivity contribution in [3.8, 4) is 5.75 Å². The molecule has 0 fully saturated rings. The summed E-state index contributed by atoms with van der Waals surface area (Å²) in [7, 11) is 4.84. The van der Waals surface area contributed by atoms with Crippen LogP contribution in [0.4, 0.5) is 11.5 Å². The molecule has 32 heavy (non-hydrogen) atoms. The summed E-state index contributed by atoms with van der Waals surface area (Å²) in [5, 5.41) is 5.83. The molecule has 2 aliphatic rings. The first kappa shape index (κ1) is 20.8. The number of hydrogen-bond donors (Lipinski definition) is 1. The van der Waals surface area contributed by atoms with Crippen LogP contribution in [-0.4, -0.2) is 48.4 Å². The maximum absolute atomic E-state index is 12.9. The Morgan fingerprint density at radius 2 is 2.12 bits per heavy atom. The van der Waals surface area contributed by atoms with Gasteiger partial charge in [-0.1, -0.05) is 6.92 Å². The Balaban J connectivity index is 1.53. The van der Waals surface area contributed by atoms with Gasteiger partial charge in [0.05, 0.1) is 37.3 Å². The van der Waals surface area contributed by atoms with Gasteiger partial charge < -0.3 is 10.1 Å².